The average Bonchev–Trinajstić information content (AvgIpc) is 2.55. The summed E-state index contributed by atoms with van der Waals surface area (Å²) in [5, 5.41) is 2.95. The van der Waals surface area contributed by atoms with Gasteiger partial charge in [-0.3, -0.25) is 9.59 Å². The van der Waals surface area contributed by atoms with Crippen LogP contribution in [0.5, 0.6) is 5.75 Å². The minimum Gasteiger partial charge on any atom is -0.482 e. The first-order valence-corrected chi connectivity index (χ1v) is 8.39. The number of nitrogens with one attached hydrogen (secondary N) is 1. The SMILES string of the molecule is CN(CC(=O)Nc1ccc(F)cc1)C(=O)COc1ccc(Br)cc1Cl. The van der Waals surface area contributed by atoms with Crippen LogP contribution in [0.2, 0.25) is 5.02 Å². The molecule has 0 saturated heterocycles. The second-order valence-corrected chi connectivity index (χ2v) is 6.49. The van der Waals surface area contributed by atoms with Crippen LogP contribution in [-0.4, -0.2) is 36.9 Å². The van der Waals surface area contributed by atoms with Gasteiger partial charge in [-0.1, -0.05) is 27.5 Å². The summed E-state index contributed by atoms with van der Waals surface area (Å²) >= 11 is 9.28. The zero-order valence-electron chi connectivity index (χ0n) is 13.3. The number of nitrogens with zero attached hydrogens (tertiary/aromatic N) is 1. The number of hydrogen-bond donors (Lipinski definition) is 1. The Kier molecular flexibility index (Phi) is 6.78. The Morgan fingerprint density at radius 2 is 1.92 bits per heavy atom. The molecule has 0 atom stereocenters. The van der Waals surface area contributed by atoms with Gasteiger partial charge in [-0.05, 0) is 42.5 Å². The Bertz CT molecular complexity index is 771. The number of carbonyl (C=O) groups is 2. The third-order valence-electron chi connectivity index (χ3n) is 3.18. The van der Waals surface area contributed by atoms with Crippen LogP contribution >= 0.6 is 27.5 Å². The molecular weight excluding hydrogens is 415 g/mol. The second-order valence-electron chi connectivity index (χ2n) is 5.17. The number of hydrogen-bond acceptors (Lipinski definition) is 3. The molecule has 0 fully saturated rings. The Morgan fingerprint density at radius 1 is 1.24 bits per heavy atom. The van der Waals surface area contributed by atoms with Crippen LogP contribution < -0.4 is 10.1 Å². The zero-order chi connectivity index (χ0) is 18.4. The molecule has 0 heterocycles. The number of halogens is 3. The highest BCUT2D eigenvalue weighted by molar-refractivity contribution is 9.10. The van der Waals surface area contributed by atoms with Crippen LogP contribution in [0.3, 0.4) is 0 Å². The zero-order valence-corrected chi connectivity index (χ0v) is 15.6. The maximum absolute atomic E-state index is 12.8. The van der Waals surface area contributed by atoms with Crippen molar-refractivity contribution in [2.45, 2.75) is 0 Å². The standard InChI is InChI=1S/C17H15BrClFN2O3/c1-22(9-16(23)21-13-5-3-12(20)4-6-13)17(24)10-25-15-7-2-11(18)8-14(15)19/h2-8H,9-10H2,1H3,(H,21,23). The molecular formula is C17H15BrClFN2O3. The molecule has 1 N–H and O–H groups in total. The molecule has 8 heteroatoms. The van der Waals surface area contributed by atoms with E-state index in [-0.39, 0.29) is 19.1 Å². The quantitative estimate of drug-likeness (QED) is 0.761. The maximum atomic E-state index is 12.8. The molecule has 0 spiro atoms. The Balaban J connectivity index is 1.82. The van der Waals surface area contributed by atoms with Crippen LogP contribution in [0.1, 0.15) is 0 Å². The molecule has 25 heavy (non-hydrogen) atoms. The summed E-state index contributed by atoms with van der Waals surface area (Å²) in [7, 11) is 1.49. The summed E-state index contributed by atoms with van der Waals surface area (Å²) in [6.45, 7) is -0.407. The van der Waals surface area contributed by atoms with Gasteiger partial charge in [0.15, 0.2) is 6.61 Å². The van der Waals surface area contributed by atoms with Crippen molar-refractivity contribution >= 4 is 45.0 Å². The van der Waals surface area contributed by atoms with Crippen LogP contribution in [0.15, 0.2) is 46.9 Å². The largest absolute Gasteiger partial charge is 0.482 e. The third kappa shape index (κ3) is 6.03. The molecule has 5 nitrogen and oxygen atoms in total. The lowest BCUT2D eigenvalue weighted by molar-refractivity contribution is -0.135. The normalized spacial score (nSPS) is 10.2. The molecule has 2 aromatic carbocycles. The maximum Gasteiger partial charge on any atom is 0.260 e. The van der Waals surface area contributed by atoms with Gasteiger partial charge in [0.25, 0.3) is 5.91 Å². The highest BCUT2D eigenvalue weighted by atomic mass is 79.9. The van der Waals surface area contributed by atoms with Gasteiger partial charge >= 0.3 is 0 Å². The van der Waals surface area contributed by atoms with E-state index in [0.29, 0.717) is 16.5 Å². The molecule has 0 saturated carbocycles. The Hall–Kier alpha value is -2.12. The Morgan fingerprint density at radius 3 is 2.56 bits per heavy atom. The third-order valence-corrected chi connectivity index (χ3v) is 3.97. The predicted octanol–water partition coefficient (Wildman–Crippen LogP) is 3.72. The van der Waals surface area contributed by atoms with Gasteiger partial charge in [0.2, 0.25) is 5.91 Å². The summed E-state index contributed by atoms with van der Waals surface area (Å²) in [6.07, 6.45) is 0. The second kappa shape index (κ2) is 8.82. The van der Waals surface area contributed by atoms with Gasteiger partial charge in [0.05, 0.1) is 11.6 Å². The van der Waals surface area contributed by atoms with Crippen molar-refractivity contribution in [3.8, 4) is 5.75 Å². The van der Waals surface area contributed by atoms with E-state index >= 15 is 0 Å². The van der Waals surface area contributed by atoms with Crippen molar-refractivity contribution in [3.05, 3.63) is 57.8 Å². The highest BCUT2D eigenvalue weighted by Crippen LogP contribution is 2.27. The van der Waals surface area contributed by atoms with E-state index in [1.54, 1.807) is 18.2 Å². The molecule has 0 aromatic heterocycles. The van der Waals surface area contributed by atoms with Gasteiger partial charge in [-0.2, -0.15) is 0 Å². The molecule has 2 aromatic rings. The molecule has 132 valence electrons. The summed E-state index contributed by atoms with van der Waals surface area (Å²) < 4.78 is 19.0. The molecule has 2 rings (SSSR count). The topological polar surface area (TPSA) is 58.6 Å². The summed E-state index contributed by atoms with van der Waals surface area (Å²) in [5.41, 5.74) is 0.449. The van der Waals surface area contributed by atoms with Gasteiger partial charge in [-0.15, -0.1) is 0 Å². The van der Waals surface area contributed by atoms with Crippen LogP contribution in [0.25, 0.3) is 0 Å². The molecule has 0 bridgehead atoms. The van der Waals surface area contributed by atoms with Gasteiger partial charge in [0.1, 0.15) is 11.6 Å². The van der Waals surface area contributed by atoms with Crippen molar-refractivity contribution in [3.63, 3.8) is 0 Å². The fraction of sp³-hybridized carbons (Fsp3) is 0.176. The van der Waals surface area contributed by atoms with E-state index in [4.69, 9.17) is 16.3 Å². The fourth-order valence-electron chi connectivity index (χ4n) is 1.88. The van der Waals surface area contributed by atoms with Gasteiger partial charge < -0.3 is 15.0 Å². The molecule has 0 radical (unpaired) electrons. The molecule has 0 unspecified atom stereocenters. The molecule has 0 aliphatic carbocycles. The first-order valence-electron chi connectivity index (χ1n) is 7.22. The van der Waals surface area contributed by atoms with Crippen molar-refractivity contribution in [1.29, 1.82) is 0 Å². The minimum absolute atomic E-state index is 0.159. The van der Waals surface area contributed by atoms with Crippen LogP contribution in [-0.2, 0) is 9.59 Å². The minimum atomic E-state index is -0.399. The van der Waals surface area contributed by atoms with E-state index < -0.39 is 11.7 Å². The number of amides is 2. The number of rotatable bonds is 6. The summed E-state index contributed by atoms with van der Waals surface area (Å²) in [4.78, 5) is 25.2. The highest BCUT2D eigenvalue weighted by Gasteiger charge is 2.14. The first-order chi connectivity index (χ1) is 11.8. The van der Waals surface area contributed by atoms with E-state index in [1.165, 1.54) is 36.2 Å². The number of carbonyl (C=O) groups excluding carboxylic acids is 2. The van der Waals surface area contributed by atoms with Gasteiger partial charge in [-0.25, -0.2) is 4.39 Å². The first kappa shape index (κ1) is 19.2. The predicted molar refractivity (Wildman–Crippen MR) is 97.3 cm³/mol. The number of anilines is 1. The van der Waals surface area contributed by atoms with Crippen molar-refractivity contribution in [2.24, 2.45) is 0 Å². The average molecular weight is 430 g/mol. The molecule has 0 aliphatic heterocycles. The Labute approximate surface area is 157 Å². The smallest absolute Gasteiger partial charge is 0.260 e. The number of benzene rings is 2. The van der Waals surface area contributed by atoms with E-state index in [0.717, 1.165) is 4.47 Å². The van der Waals surface area contributed by atoms with E-state index in [1.807, 2.05) is 0 Å². The molecule has 0 aliphatic rings. The van der Waals surface area contributed by atoms with E-state index in [9.17, 15) is 14.0 Å². The van der Waals surface area contributed by atoms with Crippen molar-refractivity contribution in [2.75, 3.05) is 25.5 Å². The lowest BCUT2D eigenvalue weighted by atomic mass is 10.3. The van der Waals surface area contributed by atoms with Crippen LogP contribution in [0.4, 0.5) is 10.1 Å². The lowest BCUT2D eigenvalue weighted by Crippen LogP contribution is -2.37. The van der Waals surface area contributed by atoms with Crippen molar-refractivity contribution < 1.29 is 18.7 Å². The number of ether oxygens (including phenoxy) is 1. The summed E-state index contributed by atoms with van der Waals surface area (Å²) in [6, 6.07) is 10.4. The fourth-order valence-corrected chi connectivity index (χ4v) is 2.61. The summed E-state index contributed by atoms with van der Waals surface area (Å²) in [5.74, 6) is -0.797. The molecule has 2 amide bonds. The monoisotopic (exact) mass is 428 g/mol. The van der Waals surface area contributed by atoms with Gasteiger partial charge in [0, 0.05) is 17.2 Å². The van der Waals surface area contributed by atoms with Crippen molar-refractivity contribution in [1.82, 2.24) is 4.90 Å². The number of likely N-dealkylation sites (N-methyl/N-ethyl adjacent to an activating group) is 1. The van der Waals surface area contributed by atoms with Crippen LogP contribution in [0, 0.1) is 5.82 Å². The lowest BCUT2D eigenvalue weighted by Gasteiger charge is -2.17. The van der Waals surface area contributed by atoms with E-state index in [2.05, 4.69) is 21.2 Å².